The van der Waals surface area contributed by atoms with Gasteiger partial charge in [0.05, 0.1) is 11.6 Å². The lowest BCUT2D eigenvalue weighted by atomic mass is 10.0. The SMILES string of the molecule is CCOc1ccc(C(=O)NNC(=O)c2ccc(Cl)c(S(=O)(=O)N3CCCC(C)C3)c2)cc1. The Kier molecular flexibility index (Phi) is 7.76. The summed E-state index contributed by atoms with van der Waals surface area (Å²) >= 11 is 6.17. The van der Waals surface area contributed by atoms with Crippen LogP contribution in [0.4, 0.5) is 0 Å². The fraction of sp³-hybridized carbons (Fsp3) is 0.364. The first-order chi connectivity index (χ1) is 15.2. The molecule has 2 N–H and O–H groups in total. The van der Waals surface area contributed by atoms with Crippen LogP contribution in [0.15, 0.2) is 47.4 Å². The second-order valence-corrected chi connectivity index (χ2v) is 9.93. The number of carbonyl (C=O) groups excluding carboxylic acids is 2. The van der Waals surface area contributed by atoms with Gasteiger partial charge in [-0.25, -0.2) is 8.42 Å². The van der Waals surface area contributed by atoms with E-state index in [1.54, 1.807) is 24.3 Å². The molecule has 32 heavy (non-hydrogen) atoms. The van der Waals surface area contributed by atoms with Crippen molar-refractivity contribution in [3.8, 4) is 5.75 Å². The number of benzene rings is 2. The van der Waals surface area contributed by atoms with E-state index in [0.29, 0.717) is 31.0 Å². The summed E-state index contributed by atoms with van der Waals surface area (Å²) in [5.74, 6) is -0.303. The monoisotopic (exact) mass is 479 g/mol. The summed E-state index contributed by atoms with van der Waals surface area (Å²) in [5, 5.41) is 0.0400. The number of halogens is 1. The summed E-state index contributed by atoms with van der Waals surface area (Å²) in [7, 11) is -3.84. The average Bonchev–Trinajstić information content (AvgIpc) is 2.78. The lowest BCUT2D eigenvalue weighted by molar-refractivity contribution is 0.0846. The Hall–Kier alpha value is -2.62. The number of sulfonamides is 1. The first-order valence-corrected chi connectivity index (χ1v) is 12.2. The normalized spacial score (nSPS) is 16.9. The molecule has 0 aliphatic carbocycles. The van der Waals surface area contributed by atoms with E-state index >= 15 is 0 Å². The first kappa shape index (κ1) is 24.0. The summed E-state index contributed by atoms with van der Waals surface area (Å²) in [6, 6.07) is 10.4. The van der Waals surface area contributed by atoms with Gasteiger partial charge in [-0.1, -0.05) is 18.5 Å². The van der Waals surface area contributed by atoms with Crippen LogP contribution in [0.3, 0.4) is 0 Å². The zero-order chi connectivity index (χ0) is 23.3. The maximum Gasteiger partial charge on any atom is 0.269 e. The fourth-order valence-electron chi connectivity index (χ4n) is 3.47. The minimum absolute atomic E-state index is 0.0400. The number of hydrogen-bond acceptors (Lipinski definition) is 5. The maximum absolute atomic E-state index is 13.1. The summed E-state index contributed by atoms with van der Waals surface area (Å²) in [6.45, 7) is 5.19. The molecule has 0 spiro atoms. The number of ether oxygens (including phenoxy) is 1. The van der Waals surface area contributed by atoms with Crippen molar-refractivity contribution >= 4 is 33.4 Å². The van der Waals surface area contributed by atoms with Gasteiger partial charge in [-0.05, 0) is 68.1 Å². The van der Waals surface area contributed by atoms with Crippen LogP contribution in [0.1, 0.15) is 47.4 Å². The van der Waals surface area contributed by atoms with Gasteiger partial charge in [-0.15, -0.1) is 0 Å². The van der Waals surface area contributed by atoms with E-state index in [-0.39, 0.29) is 21.4 Å². The van der Waals surface area contributed by atoms with Crippen LogP contribution < -0.4 is 15.6 Å². The van der Waals surface area contributed by atoms with Crippen LogP contribution >= 0.6 is 11.6 Å². The third kappa shape index (κ3) is 5.59. The molecule has 1 aliphatic rings. The molecule has 8 nitrogen and oxygen atoms in total. The lowest BCUT2D eigenvalue weighted by Gasteiger charge is -2.30. The number of carbonyl (C=O) groups is 2. The van der Waals surface area contributed by atoms with Gasteiger partial charge in [-0.2, -0.15) is 4.31 Å². The molecule has 0 radical (unpaired) electrons. The van der Waals surface area contributed by atoms with Crippen LogP contribution in [0, 0.1) is 5.92 Å². The van der Waals surface area contributed by atoms with Crippen LogP contribution in [-0.2, 0) is 10.0 Å². The van der Waals surface area contributed by atoms with E-state index in [0.717, 1.165) is 12.8 Å². The molecule has 3 rings (SSSR count). The summed E-state index contributed by atoms with van der Waals surface area (Å²) in [4.78, 5) is 24.7. The Morgan fingerprint density at radius 2 is 1.72 bits per heavy atom. The number of hydrazine groups is 1. The van der Waals surface area contributed by atoms with E-state index in [1.807, 2.05) is 13.8 Å². The molecule has 1 unspecified atom stereocenters. The number of amides is 2. The largest absolute Gasteiger partial charge is 0.494 e. The molecule has 2 amide bonds. The summed E-state index contributed by atoms with van der Waals surface area (Å²) < 4.78 is 32.9. The number of nitrogens with zero attached hydrogens (tertiary/aromatic N) is 1. The molecular weight excluding hydrogens is 454 g/mol. The molecule has 1 saturated heterocycles. The van der Waals surface area contributed by atoms with Gasteiger partial charge in [0.1, 0.15) is 10.6 Å². The van der Waals surface area contributed by atoms with Crippen molar-refractivity contribution in [1.29, 1.82) is 0 Å². The van der Waals surface area contributed by atoms with Gasteiger partial charge >= 0.3 is 0 Å². The van der Waals surface area contributed by atoms with Crippen LogP contribution in [0.2, 0.25) is 5.02 Å². The fourth-order valence-corrected chi connectivity index (χ4v) is 5.57. The molecule has 1 atom stereocenters. The van der Waals surface area contributed by atoms with Gasteiger partial charge in [0, 0.05) is 24.2 Å². The first-order valence-electron chi connectivity index (χ1n) is 10.4. The molecule has 0 aromatic heterocycles. The average molecular weight is 480 g/mol. The van der Waals surface area contributed by atoms with Crippen LogP contribution in [0.5, 0.6) is 5.75 Å². The number of rotatable bonds is 6. The zero-order valence-corrected chi connectivity index (χ0v) is 19.5. The number of hydrogen-bond donors (Lipinski definition) is 2. The van der Waals surface area contributed by atoms with Gasteiger partial charge in [0.25, 0.3) is 11.8 Å². The highest BCUT2D eigenvalue weighted by atomic mass is 35.5. The van der Waals surface area contributed by atoms with Crippen molar-refractivity contribution in [2.45, 2.75) is 31.6 Å². The Labute approximate surface area is 192 Å². The number of nitrogens with one attached hydrogen (secondary N) is 2. The Morgan fingerprint density at radius 1 is 1.09 bits per heavy atom. The Morgan fingerprint density at radius 3 is 2.34 bits per heavy atom. The highest BCUT2D eigenvalue weighted by Gasteiger charge is 2.31. The van der Waals surface area contributed by atoms with E-state index < -0.39 is 21.8 Å². The highest BCUT2D eigenvalue weighted by Crippen LogP contribution is 2.29. The molecule has 2 aromatic rings. The molecule has 1 heterocycles. The van der Waals surface area contributed by atoms with Crippen LogP contribution in [0.25, 0.3) is 0 Å². The van der Waals surface area contributed by atoms with E-state index in [4.69, 9.17) is 16.3 Å². The molecule has 0 bridgehead atoms. The lowest BCUT2D eigenvalue weighted by Crippen LogP contribution is -2.42. The number of piperidine rings is 1. The van der Waals surface area contributed by atoms with Gasteiger partial charge in [-0.3, -0.25) is 20.4 Å². The minimum Gasteiger partial charge on any atom is -0.494 e. The second kappa shape index (κ2) is 10.3. The van der Waals surface area contributed by atoms with Crippen molar-refractivity contribution < 1.29 is 22.7 Å². The van der Waals surface area contributed by atoms with Crippen molar-refractivity contribution in [2.75, 3.05) is 19.7 Å². The molecule has 172 valence electrons. The quantitative estimate of drug-likeness (QED) is 0.619. The van der Waals surface area contributed by atoms with Crippen molar-refractivity contribution in [3.63, 3.8) is 0 Å². The van der Waals surface area contributed by atoms with Crippen molar-refractivity contribution in [1.82, 2.24) is 15.2 Å². The zero-order valence-electron chi connectivity index (χ0n) is 17.9. The highest BCUT2D eigenvalue weighted by molar-refractivity contribution is 7.89. The summed E-state index contributed by atoms with van der Waals surface area (Å²) in [5.41, 5.74) is 5.01. The predicted octanol–water partition coefficient (Wildman–Crippen LogP) is 3.23. The third-order valence-electron chi connectivity index (χ3n) is 5.15. The third-order valence-corrected chi connectivity index (χ3v) is 7.49. The van der Waals surface area contributed by atoms with Crippen molar-refractivity contribution in [2.24, 2.45) is 5.92 Å². The van der Waals surface area contributed by atoms with Crippen molar-refractivity contribution in [3.05, 3.63) is 58.6 Å². The molecule has 10 heteroatoms. The van der Waals surface area contributed by atoms with E-state index in [9.17, 15) is 18.0 Å². The standard InChI is InChI=1S/C22H26ClN3O5S/c1-3-31-18-9-6-16(7-10-18)21(27)24-25-22(28)17-8-11-19(23)20(13-17)32(29,30)26-12-4-5-15(2)14-26/h6-11,13,15H,3-5,12,14H2,1-2H3,(H,24,27)(H,25,28). The summed E-state index contributed by atoms with van der Waals surface area (Å²) in [6.07, 6.45) is 1.74. The molecule has 1 fully saturated rings. The maximum atomic E-state index is 13.1. The van der Waals surface area contributed by atoms with Gasteiger partial charge < -0.3 is 4.74 Å². The van der Waals surface area contributed by atoms with E-state index in [2.05, 4.69) is 10.9 Å². The molecular formula is C22H26ClN3O5S. The molecule has 1 aliphatic heterocycles. The minimum atomic E-state index is -3.84. The topological polar surface area (TPSA) is 105 Å². The second-order valence-electron chi connectivity index (χ2n) is 7.62. The Bertz CT molecular complexity index is 1090. The van der Waals surface area contributed by atoms with Gasteiger partial charge in [0.15, 0.2) is 0 Å². The predicted molar refractivity (Wildman–Crippen MR) is 121 cm³/mol. The smallest absolute Gasteiger partial charge is 0.269 e. The van der Waals surface area contributed by atoms with E-state index in [1.165, 1.54) is 22.5 Å². The molecule has 2 aromatic carbocycles. The van der Waals surface area contributed by atoms with Gasteiger partial charge in [0.2, 0.25) is 10.0 Å². The Balaban J connectivity index is 1.70. The van der Waals surface area contributed by atoms with Crippen LogP contribution in [-0.4, -0.2) is 44.2 Å². The molecule has 0 saturated carbocycles.